The van der Waals surface area contributed by atoms with Crippen LogP contribution in [0.4, 0.5) is 10.1 Å². The van der Waals surface area contributed by atoms with E-state index in [2.05, 4.69) is 0 Å². The molecule has 9 nitrogen and oxygen atoms in total. The van der Waals surface area contributed by atoms with Gasteiger partial charge in [-0.3, -0.25) is 19.7 Å². The molecule has 1 amide bonds. The first-order valence-electron chi connectivity index (χ1n) is 8.19. The highest BCUT2D eigenvalue weighted by Gasteiger charge is 2.46. The molecule has 1 aliphatic heterocycles. The smallest absolute Gasteiger partial charge is 0.295 e. The summed E-state index contributed by atoms with van der Waals surface area (Å²) in [6, 6.07) is 7.86. The van der Waals surface area contributed by atoms with Gasteiger partial charge in [0, 0.05) is 17.7 Å². The molecule has 3 rings (SSSR count). The molecule has 0 saturated carbocycles. The Bertz CT molecular complexity index is 1050. The fraction of sp³-hybridized carbons (Fsp3) is 0.105. The molecule has 0 radical (unpaired) electrons. The Morgan fingerprint density at radius 3 is 2.21 bits per heavy atom. The number of rotatable bonds is 5. The highest BCUT2D eigenvalue weighted by Crippen LogP contribution is 2.39. The number of carbonyl (C=O) groups is 3. The first kappa shape index (κ1) is 19.7. The number of aliphatic carboxylic acids is 1. The molecule has 2 aromatic carbocycles. The number of carboxylic acids is 1. The number of halogens is 1. The first-order chi connectivity index (χ1) is 13.7. The van der Waals surface area contributed by atoms with Crippen molar-refractivity contribution in [2.24, 2.45) is 0 Å². The summed E-state index contributed by atoms with van der Waals surface area (Å²) >= 11 is 0. The summed E-state index contributed by atoms with van der Waals surface area (Å²) in [7, 11) is 0. The third-order valence-electron chi connectivity index (χ3n) is 4.38. The molecule has 0 aliphatic carbocycles. The summed E-state index contributed by atoms with van der Waals surface area (Å²) in [5.74, 6) is -5.19. The normalized spacial score (nSPS) is 18.1. The summed E-state index contributed by atoms with van der Waals surface area (Å²) in [6.45, 7) is -0.927. The highest BCUT2D eigenvalue weighted by molar-refractivity contribution is 6.46. The van der Waals surface area contributed by atoms with E-state index in [9.17, 15) is 39.1 Å². The van der Waals surface area contributed by atoms with Gasteiger partial charge in [0.2, 0.25) is 0 Å². The van der Waals surface area contributed by atoms with E-state index in [1.54, 1.807) is 0 Å². The van der Waals surface area contributed by atoms with E-state index in [4.69, 9.17) is 0 Å². The zero-order valence-electron chi connectivity index (χ0n) is 14.6. The number of Topliss-reactive ketones (excluding diaryl/α,β-unsaturated/α-hetero) is 1. The van der Waals surface area contributed by atoms with Crippen LogP contribution in [0.2, 0.25) is 0 Å². The SMILES string of the molecule is O=C([O-])CN1C(=O)C(=O)C(=C(O)c2ccc([N+](=O)[O-])cc2)[C@@H]1c1ccc(F)cc1. The molecule has 2 aromatic rings. The van der Waals surface area contributed by atoms with Crippen LogP contribution in [-0.2, 0) is 14.4 Å². The number of benzene rings is 2. The highest BCUT2D eigenvalue weighted by atomic mass is 19.1. The number of carboxylic acid groups (broad SMARTS) is 1. The zero-order valence-corrected chi connectivity index (χ0v) is 14.6. The Morgan fingerprint density at radius 2 is 1.69 bits per heavy atom. The van der Waals surface area contributed by atoms with Crippen LogP contribution >= 0.6 is 0 Å². The predicted molar refractivity (Wildman–Crippen MR) is 93.5 cm³/mol. The van der Waals surface area contributed by atoms with Gasteiger partial charge in [-0.1, -0.05) is 12.1 Å². The van der Waals surface area contributed by atoms with Gasteiger partial charge in [0.25, 0.3) is 17.4 Å². The second kappa shape index (κ2) is 7.50. The van der Waals surface area contributed by atoms with Crippen LogP contribution in [0.3, 0.4) is 0 Å². The number of likely N-dealkylation sites (tertiary alicyclic amines) is 1. The van der Waals surface area contributed by atoms with Crippen LogP contribution in [0, 0.1) is 15.9 Å². The predicted octanol–water partition coefficient (Wildman–Crippen LogP) is 0.905. The molecule has 148 valence electrons. The standard InChI is InChI=1S/C19H13FN2O7/c20-12-5-1-10(2-6-12)16-15(18(26)19(27)21(16)9-14(23)24)17(25)11-3-7-13(8-4-11)22(28)29/h1-8,16,25H,9H2,(H,23,24)/p-1/t16-/m0/s1. The van der Waals surface area contributed by atoms with E-state index in [1.165, 1.54) is 24.3 Å². The van der Waals surface area contributed by atoms with Gasteiger partial charge < -0.3 is 19.9 Å². The number of hydrogen-bond acceptors (Lipinski definition) is 7. The molecular formula is C19H12FN2O7-. The number of aliphatic hydroxyl groups excluding tert-OH is 1. The maximum atomic E-state index is 13.3. The van der Waals surface area contributed by atoms with Crippen LogP contribution < -0.4 is 5.11 Å². The van der Waals surface area contributed by atoms with Crippen molar-refractivity contribution in [2.75, 3.05) is 6.54 Å². The Balaban J connectivity index is 2.16. The number of non-ortho nitro benzene ring substituents is 1. The second-order valence-electron chi connectivity index (χ2n) is 6.15. The minimum Gasteiger partial charge on any atom is -0.548 e. The molecule has 0 aromatic heterocycles. The van der Waals surface area contributed by atoms with E-state index >= 15 is 0 Å². The number of nitrogens with zero attached hydrogens (tertiary/aromatic N) is 2. The lowest BCUT2D eigenvalue weighted by molar-refractivity contribution is -0.384. The minimum absolute atomic E-state index is 0.00848. The fourth-order valence-corrected chi connectivity index (χ4v) is 3.07. The maximum absolute atomic E-state index is 13.3. The number of ketones is 1. The number of amides is 1. The van der Waals surface area contributed by atoms with Gasteiger partial charge in [-0.2, -0.15) is 0 Å². The lowest BCUT2D eigenvalue weighted by Crippen LogP contribution is -2.40. The monoisotopic (exact) mass is 399 g/mol. The Morgan fingerprint density at radius 1 is 1.10 bits per heavy atom. The molecule has 1 N–H and O–H groups in total. The molecule has 1 fully saturated rings. The molecular weight excluding hydrogens is 387 g/mol. The van der Waals surface area contributed by atoms with Crippen molar-refractivity contribution >= 4 is 29.1 Å². The second-order valence-corrected chi connectivity index (χ2v) is 6.15. The van der Waals surface area contributed by atoms with Crippen molar-refractivity contribution in [2.45, 2.75) is 6.04 Å². The lowest BCUT2D eigenvalue weighted by Gasteiger charge is -2.25. The molecule has 29 heavy (non-hydrogen) atoms. The molecule has 10 heteroatoms. The van der Waals surface area contributed by atoms with Crippen LogP contribution in [-0.4, -0.2) is 39.1 Å². The third kappa shape index (κ3) is 3.68. The Labute approximate surface area is 162 Å². The van der Waals surface area contributed by atoms with Crippen LogP contribution in [0.5, 0.6) is 0 Å². The first-order valence-corrected chi connectivity index (χ1v) is 8.19. The van der Waals surface area contributed by atoms with E-state index in [0.717, 1.165) is 24.3 Å². The van der Waals surface area contributed by atoms with Crippen LogP contribution in [0.15, 0.2) is 54.1 Å². The Hall–Kier alpha value is -4.08. The van der Waals surface area contributed by atoms with Crippen molar-refractivity contribution in [3.8, 4) is 0 Å². The minimum atomic E-state index is -1.63. The van der Waals surface area contributed by atoms with E-state index in [1.807, 2.05) is 0 Å². The number of nitro groups is 1. The summed E-state index contributed by atoms with van der Waals surface area (Å²) in [5, 5.41) is 32.5. The van der Waals surface area contributed by atoms with Gasteiger partial charge in [-0.05, 0) is 29.8 Å². The Kier molecular flexibility index (Phi) is 5.09. The maximum Gasteiger partial charge on any atom is 0.295 e. The molecule has 1 saturated heterocycles. The van der Waals surface area contributed by atoms with Gasteiger partial charge in [0.1, 0.15) is 11.6 Å². The summed E-state index contributed by atoms with van der Waals surface area (Å²) in [4.78, 5) is 46.8. The lowest BCUT2D eigenvalue weighted by atomic mass is 9.95. The van der Waals surface area contributed by atoms with Gasteiger partial charge in [0.15, 0.2) is 0 Å². The van der Waals surface area contributed by atoms with E-state index < -0.39 is 52.3 Å². The third-order valence-corrected chi connectivity index (χ3v) is 4.38. The van der Waals surface area contributed by atoms with E-state index in [-0.39, 0.29) is 16.8 Å². The van der Waals surface area contributed by atoms with Crippen molar-refractivity contribution in [3.63, 3.8) is 0 Å². The van der Waals surface area contributed by atoms with Crippen LogP contribution in [0.25, 0.3) is 5.76 Å². The van der Waals surface area contributed by atoms with Gasteiger partial charge in [-0.15, -0.1) is 0 Å². The molecule has 0 spiro atoms. The van der Waals surface area contributed by atoms with Crippen molar-refractivity contribution < 1.29 is 33.9 Å². The summed E-state index contributed by atoms with van der Waals surface area (Å²) in [6.07, 6.45) is 0. The molecule has 1 heterocycles. The zero-order chi connectivity index (χ0) is 21.3. The molecule has 1 atom stereocenters. The number of aliphatic hydroxyl groups is 1. The van der Waals surface area contributed by atoms with Crippen LogP contribution in [0.1, 0.15) is 17.2 Å². The van der Waals surface area contributed by atoms with Gasteiger partial charge in [-0.25, -0.2) is 4.39 Å². The van der Waals surface area contributed by atoms with E-state index in [0.29, 0.717) is 4.90 Å². The number of carbonyl (C=O) groups excluding carboxylic acids is 3. The number of nitro benzene ring substituents is 1. The average Bonchev–Trinajstić information content (AvgIpc) is 2.92. The molecule has 0 unspecified atom stereocenters. The number of hydrogen-bond donors (Lipinski definition) is 1. The van der Waals surface area contributed by atoms with Crippen molar-refractivity contribution in [1.29, 1.82) is 0 Å². The van der Waals surface area contributed by atoms with Gasteiger partial charge in [0.05, 0.1) is 29.1 Å². The van der Waals surface area contributed by atoms with Crippen molar-refractivity contribution in [3.05, 3.63) is 81.2 Å². The van der Waals surface area contributed by atoms with Gasteiger partial charge >= 0.3 is 0 Å². The molecule has 1 aliphatic rings. The molecule has 0 bridgehead atoms. The van der Waals surface area contributed by atoms with Crippen molar-refractivity contribution in [1.82, 2.24) is 4.90 Å². The summed E-state index contributed by atoms with van der Waals surface area (Å²) in [5.41, 5.74) is -0.477. The average molecular weight is 399 g/mol. The summed E-state index contributed by atoms with van der Waals surface area (Å²) < 4.78 is 13.3. The fourth-order valence-electron chi connectivity index (χ4n) is 3.07. The quantitative estimate of drug-likeness (QED) is 0.259. The largest absolute Gasteiger partial charge is 0.548 e. The topological polar surface area (TPSA) is 141 Å².